The van der Waals surface area contributed by atoms with Crippen LogP contribution in [0.25, 0.3) is 4.96 Å². The Morgan fingerprint density at radius 3 is 2.62 bits per heavy atom. The Morgan fingerprint density at radius 1 is 1.12 bits per heavy atom. The molecule has 124 valence electrons. The van der Waals surface area contributed by atoms with E-state index < -0.39 is 0 Å². The van der Waals surface area contributed by atoms with Crippen LogP contribution in [0.4, 0.5) is 5.69 Å². The van der Waals surface area contributed by atoms with Crippen molar-refractivity contribution in [3.05, 3.63) is 63.5 Å². The standard InChI is InChI=1S/C18H20N4OS/c1-14-13-24-18-19-15(11-17(23)22(14)18)12-20-7-9-21(10-8-20)16-5-3-2-4-6-16/h2-6,11,13H,7-10,12H2,1H3. The average Bonchev–Trinajstić information content (AvgIpc) is 2.98. The van der Waals surface area contributed by atoms with Gasteiger partial charge in [-0.2, -0.15) is 0 Å². The van der Waals surface area contributed by atoms with Crippen LogP contribution in [-0.4, -0.2) is 40.5 Å². The third-order valence-corrected chi connectivity index (χ3v) is 5.45. The maximum Gasteiger partial charge on any atom is 0.259 e. The first kappa shape index (κ1) is 15.4. The van der Waals surface area contributed by atoms with Crippen LogP contribution in [-0.2, 0) is 6.54 Å². The molecule has 3 heterocycles. The predicted molar refractivity (Wildman–Crippen MR) is 98.0 cm³/mol. The lowest BCUT2D eigenvalue weighted by Crippen LogP contribution is -2.46. The van der Waals surface area contributed by atoms with Crippen molar-refractivity contribution in [2.45, 2.75) is 13.5 Å². The van der Waals surface area contributed by atoms with Crippen molar-refractivity contribution in [1.82, 2.24) is 14.3 Å². The second kappa shape index (κ2) is 6.37. The normalized spacial score (nSPS) is 16.0. The monoisotopic (exact) mass is 340 g/mol. The van der Waals surface area contributed by atoms with Crippen LogP contribution in [0.2, 0.25) is 0 Å². The number of nitrogens with zero attached hydrogens (tertiary/aromatic N) is 4. The van der Waals surface area contributed by atoms with Gasteiger partial charge in [0, 0.05) is 55.6 Å². The van der Waals surface area contributed by atoms with Crippen molar-refractivity contribution in [1.29, 1.82) is 0 Å². The van der Waals surface area contributed by atoms with Crippen molar-refractivity contribution in [2.75, 3.05) is 31.1 Å². The Kier molecular flexibility index (Phi) is 4.08. The van der Waals surface area contributed by atoms with Gasteiger partial charge in [-0.05, 0) is 19.1 Å². The number of aromatic nitrogens is 2. The summed E-state index contributed by atoms with van der Waals surface area (Å²) in [5.41, 5.74) is 3.13. The smallest absolute Gasteiger partial charge is 0.259 e. The summed E-state index contributed by atoms with van der Waals surface area (Å²) in [4.78, 5) is 22.5. The van der Waals surface area contributed by atoms with Gasteiger partial charge in [0.1, 0.15) is 0 Å². The first-order valence-electron chi connectivity index (χ1n) is 8.20. The highest BCUT2D eigenvalue weighted by molar-refractivity contribution is 7.15. The second-order valence-electron chi connectivity index (χ2n) is 6.18. The fourth-order valence-electron chi connectivity index (χ4n) is 3.21. The maximum absolute atomic E-state index is 12.3. The number of hydrogen-bond donors (Lipinski definition) is 0. The summed E-state index contributed by atoms with van der Waals surface area (Å²) in [6.07, 6.45) is 0. The summed E-state index contributed by atoms with van der Waals surface area (Å²) in [7, 11) is 0. The zero-order valence-electron chi connectivity index (χ0n) is 13.7. The largest absolute Gasteiger partial charge is 0.369 e. The van der Waals surface area contributed by atoms with Crippen LogP contribution in [0.15, 0.2) is 46.6 Å². The minimum atomic E-state index is 0.0247. The Balaban J connectivity index is 1.45. The molecular formula is C18H20N4OS. The van der Waals surface area contributed by atoms with E-state index in [1.54, 1.807) is 10.5 Å². The van der Waals surface area contributed by atoms with E-state index >= 15 is 0 Å². The van der Waals surface area contributed by atoms with Gasteiger partial charge in [-0.3, -0.25) is 14.1 Å². The number of benzene rings is 1. The quantitative estimate of drug-likeness (QED) is 0.734. The van der Waals surface area contributed by atoms with Gasteiger partial charge in [0.2, 0.25) is 0 Å². The molecule has 1 aliphatic rings. The summed E-state index contributed by atoms with van der Waals surface area (Å²) >= 11 is 1.53. The fourth-order valence-corrected chi connectivity index (χ4v) is 4.10. The number of aryl methyl sites for hydroxylation is 1. The van der Waals surface area contributed by atoms with Crippen molar-refractivity contribution >= 4 is 22.0 Å². The molecule has 4 rings (SSSR count). The van der Waals surface area contributed by atoms with E-state index in [9.17, 15) is 4.79 Å². The molecule has 0 saturated carbocycles. The lowest BCUT2D eigenvalue weighted by molar-refractivity contribution is 0.247. The molecule has 1 saturated heterocycles. The van der Waals surface area contributed by atoms with Gasteiger partial charge < -0.3 is 4.90 Å². The van der Waals surface area contributed by atoms with E-state index in [1.807, 2.05) is 18.4 Å². The first-order chi connectivity index (χ1) is 11.7. The molecule has 0 bridgehead atoms. The number of hydrogen-bond acceptors (Lipinski definition) is 5. The van der Waals surface area contributed by atoms with Crippen LogP contribution in [0.5, 0.6) is 0 Å². The molecule has 0 atom stereocenters. The summed E-state index contributed by atoms with van der Waals surface area (Å²) < 4.78 is 1.68. The minimum Gasteiger partial charge on any atom is -0.369 e. The van der Waals surface area contributed by atoms with Gasteiger partial charge in [-0.1, -0.05) is 18.2 Å². The van der Waals surface area contributed by atoms with E-state index in [1.165, 1.54) is 17.0 Å². The molecular weight excluding hydrogens is 320 g/mol. The van der Waals surface area contributed by atoms with E-state index in [2.05, 4.69) is 39.0 Å². The molecule has 0 aliphatic carbocycles. The molecule has 2 aromatic heterocycles. The van der Waals surface area contributed by atoms with Gasteiger partial charge >= 0.3 is 0 Å². The van der Waals surface area contributed by atoms with Crippen molar-refractivity contribution in [3.63, 3.8) is 0 Å². The van der Waals surface area contributed by atoms with E-state index in [0.29, 0.717) is 0 Å². The Hall–Kier alpha value is -2.18. The van der Waals surface area contributed by atoms with Crippen LogP contribution in [0, 0.1) is 6.92 Å². The van der Waals surface area contributed by atoms with Gasteiger partial charge in [-0.15, -0.1) is 11.3 Å². The summed E-state index contributed by atoms with van der Waals surface area (Å²) in [5, 5.41) is 1.98. The van der Waals surface area contributed by atoms with Crippen molar-refractivity contribution in [3.8, 4) is 0 Å². The molecule has 3 aromatic rings. The predicted octanol–water partition coefficient (Wildman–Crippen LogP) is 2.39. The highest BCUT2D eigenvalue weighted by atomic mass is 32.1. The Morgan fingerprint density at radius 2 is 1.88 bits per heavy atom. The molecule has 0 amide bonds. The molecule has 1 fully saturated rings. The Bertz CT molecular complexity index is 894. The lowest BCUT2D eigenvalue weighted by Gasteiger charge is -2.35. The third kappa shape index (κ3) is 2.95. The van der Waals surface area contributed by atoms with E-state index in [-0.39, 0.29) is 5.56 Å². The fraction of sp³-hybridized carbons (Fsp3) is 0.333. The number of para-hydroxylation sites is 1. The summed E-state index contributed by atoms with van der Waals surface area (Å²) in [5.74, 6) is 0. The second-order valence-corrected chi connectivity index (χ2v) is 7.02. The molecule has 0 N–H and O–H groups in total. The van der Waals surface area contributed by atoms with Gasteiger partial charge in [0.15, 0.2) is 4.96 Å². The zero-order chi connectivity index (χ0) is 16.5. The summed E-state index contributed by atoms with van der Waals surface area (Å²) in [6, 6.07) is 12.2. The van der Waals surface area contributed by atoms with Gasteiger partial charge in [0.05, 0.1) is 5.69 Å². The number of rotatable bonds is 3. The first-order valence-corrected chi connectivity index (χ1v) is 9.08. The SMILES string of the molecule is Cc1csc2nc(CN3CCN(c4ccccc4)CC3)cc(=O)n12. The third-order valence-electron chi connectivity index (χ3n) is 4.51. The summed E-state index contributed by atoms with van der Waals surface area (Å²) in [6.45, 7) is 6.66. The van der Waals surface area contributed by atoms with Gasteiger partial charge in [-0.25, -0.2) is 4.98 Å². The minimum absolute atomic E-state index is 0.0247. The number of fused-ring (bicyclic) bond motifs is 1. The van der Waals surface area contributed by atoms with Crippen LogP contribution >= 0.6 is 11.3 Å². The van der Waals surface area contributed by atoms with E-state index in [4.69, 9.17) is 0 Å². The number of thiazole rings is 1. The van der Waals surface area contributed by atoms with Gasteiger partial charge in [0.25, 0.3) is 5.56 Å². The topological polar surface area (TPSA) is 40.9 Å². The molecule has 1 aromatic carbocycles. The van der Waals surface area contributed by atoms with Crippen molar-refractivity contribution < 1.29 is 0 Å². The molecule has 1 aliphatic heterocycles. The molecule has 0 unspecified atom stereocenters. The molecule has 24 heavy (non-hydrogen) atoms. The number of piperazine rings is 1. The van der Waals surface area contributed by atoms with Crippen molar-refractivity contribution in [2.24, 2.45) is 0 Å². The molecule has 6 heteroatoms. The molecule has 0 spiro atoms. The highest BCUT2D eigenvalue weighted by Crippen LogP contribution is 2.17. The number of anilines is 1. The van der Waals surface area contributed by atoms with E-state index in [0.717, 1.165) is 49.1 Å². The molecule has 5 nitrogen and oxygen atoms in total. The lowest BCUT2D eigenvalue weighted by atomic mass is 10.2. The molecule has 0 radical (unpaired) electrons. The Labute approximate surface area is 144 Å². The van der Waals surface area contributed by atoms with Crippen LogP contribution < -0.4 is 10.5 Å². The van der Waals surface area contributed by atoms with Crippen LogP contribution in [0.1, 0.15) is 11.4 Å². The van der Waals surface area contributed by atoms with Crippen LogP contribution in [0.3, 0.4) is 0 Å². The zero-order valence-corrected chi connectivity index (χ0v) is 14.5. The maximum atomic E-state index is 12.3. The highest BCUT2D eigenvalue weighted by Gasteiger charge is 2.18. The average molecular weight is 340 g/mol.